The van der Waals surface area contributed by atoms with Crippen LogP contribution < -0.4 is 4.74 Å². The van der Waals surface area contributed by atoms with Gasteiger partial charge in [0.25, 0.3) is 0 Å². The van der Waals surface area contributed by atoms with Crippen LogP contribution in [0.15, 0.2) is 18.2 Å². The van der Waals surface area contributed by atoms with Crippen LogP contribution in [0.2, 0.25) is 0 Å². The van der Waals surface area contributed by atoms with Gasteiger partial charge in [0, 0.05) is 12.0 Å². The van der Waals surface area contributed by atoms with Gasteiger partial charge in [0.2, 0.25) is 0 Å². The molecule has 0 fully saturated rings. The normalized spacial score (nSPS) is 9.69. The Hall–Kier alpha value is -1.51. The third-order valence-corrected chi connectivity index (χ3v) is 1.72. The van der Waals surface area contributed by atoms with Crippen molar-refractivity contribution in [1.82, 2.24) is 0 Å². The lowest BCUT2D eigenvalue weighted by Gasteiger charge is -2.07. The van der Waals surface area contributed by atoms with Crippen molar-refractivity contribution in [2.75, 3.05) is 7.11 Å². The second-order valence-electron chi connectivity index (χ2n) is 2.85. The summed E-state index contributed by atoms with van der Waals surface area (Å²) >= 11 is 0. The number of hydrogen-bond donors (Lipinski definition) is 1. The summed E-state index contributed by atoms with van der Waals surface area (Å²) in [5.74, 6) is 0.503. The maximum Gasteiger partial charge on any atom is 0.164 e. The number of methoxy groups -OCH3 is 1. The molecule has 0 aliphatic heterocycles. The number of rotatable bonds is 3. The molecule has 0 aromatic heterocycles. The predicted molar refractivity (Wildman–Crippen MR) is 49.0 cm³/mol. The summed E-state index contributed by atoms with van der Waals surface area (Å²) in [7, 11) is 1.47. The molecule has 0 unspecified atom stereocenters. The third-order valence-electron chi connectivity index (χ3n) is 1.72. The molecule has 3 heteroatoms. The number of Topliss-reactive ketones (excluding diaryl/α,β-unsaturated/α-hetero) is 1. The van der Waals surface area contributed by atoms with Crippen molar-refractivity contribution in [2.24, 2.45) is 0 Å². The molecule has 0 atom stereocenters. The van der Waals surface area contributed by atoms with Gasteiger partial charge in [0.1, 0.15) is 5.78 Å². The average Bonchev–Trinajstić information content (AvgIpc) is 2.03. The van der Waals surface area contributed by atoms with Crippen LogP contribution in [0.5, 0.6) is 11.5 Å². The molecule has 70 valence electrons. The number of benzene rings is 1. The molecule has 1 aromatic rings. The lowest BCUT2D eigenvalue weighted by Crippen LogP contribution is -1.99. The maximum atomic E-state index is 10.9. The number of phenols is 1. The van der Waals surface area contributed by atoms with Gasteiger partial charge in [0.15, 0.2) is 11.5 Å². The van der Waals surface area contributed by atoms with Crippen molar-refractivity contribution in [3.8, 4) is 11.5 Å². The second kappa shape index (κ2) is 3.94. The van der Waals surface area contributed by atoms with Crippen LogP contribution >= 0.6 is 0 Å². The summed E-state index contributed by atoms with van der Waals surface area (Å²) in [4.78, 5) is 10.9. The summed E-state index contributed by atoms with van der Waals surface area (Å²) in [6, 6.07) is 4.98. The molecule has 1 N–H and O–H groups in total. The van der Waals surface area contributed by atoms with E-state index in [1.54, 1.807) is 12.1 Å². The van der Waals surface area contributed by atoms with Crippen LogP contribution in [0.25, 0.3) is 0 Å². The first kappa shape index (κ1) is 9.58. The van der Waals surface area contributed by atoms with E-state index < -0.39 is 0 Å². The number of carbonyl (C=O) groups excluding carboxylic acids is 1. The van der Waals surface area contributed by atoms with E-state index in [1.807, 2.05) is 0 Å². The van der Waals surface area contributed by atoms with Gasteiger partial charge in [-0.3, -0.25) is 4.79 Å². The van der Waals surface area contributed by atoms with E-state index in [-0.39, 0.29) is 18.0 Å². The molecule has 13 heavy (non-hydrogen) atoms. The standard InChI is InChI=1S/C10H12O3/c1-7(11)6-8-4-3-5-9(12)10(8)13-2/h3-5,12H,6H2,1-2H3. The van der Waals surface area contributed by atoms with Gasteiger partial charge in [-0.05, 0) is 13.0 Å². The molecule has 0 saturated heterocycles. The van der Waals surface area contributed by atoms with Crippen LogP contribution in [0.1, 0.15) is 12.5 Å². The minimum absolute atomic E-state index is 0.0453. The Morgan fingerprint density at radius 2 is 2.23 bits per heavy atom. The molecular weight excluding hydrogens is 168 g/mol. The highest BCUT2D eigenvalue weighted by Crippen LogP contribution is 2.29. The van der Waals surface area contributed by atoms with Gasteiger partial charge < -0.3 is 9.84 Å². The number of carbonyl (C=O) groups is 1. The van der Waals surface area contributed by atoms with E-state index in [4.69, 9.17) is 4.74 Å². The molecule has 0 bridgehead atoms. The van der Waals surface area contributed by atoms with Gasteiger partial charge in [-0.25, -0.2) is 0 Å². The van der Waals surface area contributed by atoms with Crippen LogP contribution in [0, 0.1) is 0 Å². The Labute approximate surface area is 77.0 Å². The Morgan fingerprint density at radius 1 is 1.54 bits per heavy atom. The Bertz CT molecular complexity index is 318. The lowest BCUT2D eigenvalue weighted by atomic mass is 10.1. The largest absolute Gasteiger partial charge is 0.504 e. The number of ether oxygens (including phenoxy) is 1. The molecule has 1 aromatic carbocycles. The van der Waals surface area contributed by atoms with Crippen molar-refractivity contribution in [1.29, 1.82) is 0 Å². The van der Waals surface area contributed by atoms with Crippen LogP contribution in [-0.4, -0.2) is 18.0 Å². The molecular formula is C10H12O3. The minimum atomic E-state index is 0.0453. The summed E-state index contributed by atoms with van der Waals surface area (Å²) in [6.07, 6.45) is 0.289. The first-order valence-corrected chi connectivity index (χ1v) is 3.99. The quantitative estimate of drug-likeness (QED) is 0.767. The fourth-order valence-electron chi connectivity index (χ4n) is 1.21. The maximum absolute atomic E-state index is 10.9. The lowest BCUT2D eigenvalue weighted by molar-refractivity contribution is -0.116. The van der Waals surface area contributed by atoms with Gasteiger partial charge in [0.05, 0.1) is 7.11 Å². The zero-order valence-corrected chi connectivity index (χ0v) is 7.70. The van der Waals surface area contributed by atoms with Crippen LogP contribution in [0.3, 0.4) is 0 Å². The number of phenolic OH excluding ortho intramolecular Hbond substituents is 1. The molecule has 0 amide bonds. The number of aromatic hydroxyl groups is 1. The SMILES string of the molecule is COc1c(O)cccc1CC(C)=O. The van der Waals surface area contributed by atoms with E-state index >= 15 is 0 Å². The molecule has 0 spiro atoms. The van der Waals surface area contributed by atoms with Crippen molar-refractivity contribution in [3.05, 3.63) is 23.8 Å². The van der Waals surface area contributed by atoms with Crippen molar-refractivity contribution in [2.45, 2.75) is 13.3 Å². The Balaban J connectivity index is 3.05. The van der Waals surface area contributed by atoms with Gasteiger partial charge in [-0.15, -0.1) is 0 Å². The van der Waals surface area contributed by atoms with Crippen molar-refractivity contribution < 1.29 is 14.6 Å². The number of para-hydroxylation sites is 1. The molecule has 0 saturated carbocycles. The first-order chi connectivity index (χ1) is 6.15. The van der Waals surface area contributed by atoms with Crippen molar-refractivity contribution in [3.63, 3.8) is 0 Å². The number of hydrogen-bond acceptors (Lipinski definition) is 3. The van der Waals surface area contributed by atoms with Crippen LogP contribution in [-0.2, 0) is 11.2 Å². The number of ketones is 1. The summed E-state index contributed by atoms with van der Waals surface area (Å²) < 4.78 is 4.97. The molecule has 3 nitrogen and oxygen atoms in total. The molecule has 0 heterocycles. The van der Waals surface area contributed by atoms with E-state index in [0.29, 0.717) is 5.75 Å². The molecule has 1 rings (SSSR count). The first-order valence-electron chi connectivity index (χ1n) is 3.99. The predicted octanol–water partition coefficient (Wildman–Crippen LogP) is 1.53. The third kappa shape index (κ3) is 2.21. The highest BCUT2D eigenvalue weighted by Gasteiger charge is 2.08. The Morgan fingerprint density at radius 3 is 2.77 bits per heavy atom. The highest BCUT2D eigenvalue weighted by molar-refractivity contribution is 5.79. The van der Waals surface area contributed by atoms with E-state index in [9.17, 15) is 9.90 Å². The molecule has 0 radical (unpaired) electrons. The van der Waals surface area contributed by atoms with E-state index in [2.05, 4.69) is 0 Å². The topological polar surface area (TPSA) is 46.5 Å². The zero-order chi connectivity index (χ0) is 9.84. The van der Waals surface area contributed by atoms with E-state index in [0.717, 1.165) is 5.56 Å². The Kier molecular flexibility index (Phi) is 2.90. The van der Waals surface area contributed by atoms with E-state index in [1.165, 1.54) is 20.1 Å². The summed E-state index contributed by atoms with van der Waals surface area (Å²) in [5.41, 5.74) is 0.718. The highest BCUT2D eigenvalue weighted by atomic mass is 16.5. The fraction of sp³-hybridized carbons (Fsp3) is 0.300. The van der Waals surface area contributed by atoms with Crippen LogP contribution in [0.4, 0.5) is 0 Å². The van der Waals surface area contributed by atoms with Gasteiger partial charge in [-0.1, -0.05) is 12.1 Å². The van der Waals surface area contributed by atoms with Gasteiger partial charge in [-0.2, -0.15) is 0 Å². The summed E-state index contributed by atoms with van der Waals surface area (Å²) in [6.45, 7) is 1.50. The smallest absolute Gasteiger partial charge is 0.164 e. The average molecular weight is 180 g/mol. The minimum Gasteiger partial charge on any atom is -0.504 e. The second-order valence-corrected chi connectivity index (χ2v) is 2.85. The monoisotopic (exact) mass is 180 g/mol. The van der Waals surface area contributed by atoms with Crippen molar-refractivity contribution >= 4 is 5.78 Å². The molecule has 0 aliphatic rings. The fourth-order valence-corrected chi connectivity index (χ4v) is 1.21. The molecule has 0 aliphatic carbocycles. The summed E-state index contributed by atoms with van der Waals surface area (Å²) in [5, 5.41) is 9.37. The van der Waals surface area contributed by atoms with Gasteiger partial charge >= 0.3 is 0 Å². The zero-order valence-electron chi connectivity index (χ0n) is 7.70.